The fourth-order valence-electron chi connectivity index (χ4n) is 3.87. The van der Waals surface area contributed by atoms with Gasteiger partial charge in [0.15, 0.2) is 0 Å². The molecule has 2 rings (SSSR count). The summed E-state index contributed by atoms with van der Waals surface area (Å²) >= 11 is 0. The van der Waals surface area contributed by atoms with Gasteiger partial charge in [0.1, 0.15) is 11.5 Å². The average Bonchev–Trinajstić information content (AvgIpc) is 2.92. The monoisotopic (exact) mass is 318 g/mol. The van der Waals surface area contributed by atoms with Gasteiger partial charge in [-0.15, -0.1) is 0 Å². The normalized spacial score (nSPS) is 25.3. The van der Waals surface area contributed by atoms with Crippen molar-refractivity contribution in [3.8, 4) is 0 Å². The highest BCUT2D eigenvalue weighted by atomic mass is 16.5. The Labute approximate surface area is 137 Å². The number of aliphatic carboxylic acids is 1. The number of ether oxygens (including phenoxy) is 1. The Bertz CT molecular complexity index is 552. The summed E-state index contributed by atoms with van der Waals surface area (Å²) in [6, 6.07) is 8.77. The smallest absolute Gasteiger partial charge is 0.338 e. The molecule has 4 heteroatoms. The number of hydrogen-bond acceptors (Lipinski definition) is 3. The first-order valence-electron chi connectivity index (χ1n) is 8.37. The van der Waals surface area contributed by atoms with Gasteiger partial charge in [0.05, 0.1) is 5.56 Å². The van der Waals surface area contributed by atoms with Crippen LogP contribution in [0.4, 0.5) is 0 Å². The quantitative estimate of drug-likeness (QED) is 0.800. The Hall–Kier alpha value is -1.84. The first kappa shape index (κ1) is 17.5. The molecule has 0 amide bonds. The number of rotatable bonds is 6. The summed E-state index contributed by atoms with van der Waals surface area (Å²) in [6.07, 6.45) is 2.23. The van der Waals surface area contributed by atoms with Crippen LogP contribution in [-0.2, 0) is 9.53 Å². The van der Waals surface area contributed by atoms with E-state index in [-0.39, 0.29) is 5.92 Å². The van der Waals surface area contributed by atoms with E-state index in [9.17, 15) is 14.7 Å². The Morgan fingerprint density at radius 2 is 1.91 bits per heavy atom. The topological polar surface area (TPSA) is 63.6 Å². The molecule has 1 N–H and O–H groups in total. The number of benzene rings is 1. The fourth-order valence-corrected chi connectivity index (χ4v) is 3.87. The lowest BCUT2D eigenvalue weighted by Crippen LogP contribution is -2.46. The van der Waals surface area contributed by atoms with Crippen LogP contribution < -0.4 is 0 Å². The van der Waals surface area contributed by atoms with Crippen LogP contribution in [0.1, 0.15) is 56.8 Å². The largest absolute Gasteiger partial charge is 0.481 e. The summed E-state index contributed by atoms with van der Waals surface area (Å²) in [5.74, 6) is -0.891. The van der Waals surface area contributed by atoms with Crippen molar-refractivity contribution in [1.29, 1.82) is 0 Å². The van der Waals surface area contributed by atoms with Gasteiger partial charge in [0.2, 0.25) is 0 Å². The Morgan fingerprint density at radius 3 is 2.48 bits per heavy atom. The van der Waals surface area contributed by atoms with Crippen molar-refractivity contribution in [2.45, 2.75) is 52.6 Å². The molecule has 1 aliphatic carbocycles. The van der Waals surface area contributed by atoms with Gasteiger partial charge in [-0.25, -0.2) is 4.79 Å². The number of carbonyl (C=O) groups is 2. The van der Waals surface area contributed by atoms with Crippen LogP contribution in [0.5, 0.6) is 0 Å². The number of carbonyl (C=O) groups excluding carboxylic acids is 1. The summed E-state index contributed by atoms with van der Waals surface area (Å²) in [5, 5.41) is 9.91. The second-order valence-corrected chi connectivity index (χ2v) is 7.03. The van der Waals surface area contributed by atoms with Crippen LogP contribution in [0.2, 0.25) is 0 Å². The van der Waals surface area contributed by atoms with E-state index in [1.54, 1.807) is 24.3 Å². The zero-order chi connectivity index (χ0) is 17.0. The van der Waals surface area contributed by atoms with Crippen molar-refractivity contribution >= 4 is 11.9 Å². The van der Waals surface area contributed by atoms with Gasteiger partial charge in [-0.1, -0.05) is 39.0 Å². The van der Waals surface area contributed by atoms with Gasteiger partial charge in [0, 0.05) is 0 Å². The highest BCUT2D eigenvalue weighted by molar-refractivity contribution is 5.90. The minimum Gasteiger partial charge on any atom is -0.481 e. The predicted octanol–water partition coefficient (Wildman–Crippen LogP) is 4.15. The minimum absolute atomic E-state index is 0.0314. The molecule has 23 heavy (non-hydrogen) atoms. The maximum Gasteiger partial charge on any atom is 0.338 e. The van der Waals surface area contributed by atoms with Crippen LogP contribution in [-0.4, -0.2) is 23.1 Å². The molecular weight excluding hydrogens is 292 g/mol. The van der Waals surface area contributed by atoms with E-state index in [4.69, 9.17) is 4.74 Å². The van der Waals surface area contributed by atoms with Crippen molar-refractivity contribution in [2.24, 2.45) is 17.3 Å². The Kier molecular flexibility index (Phi) is 5.45. The zero-order valence-electron chi connectivity index (χ0n) is 14.1. The summed E-state index contributed by atoms with van der Waals surface area (Å²) in [5.41, 5.74) is -0.496. The molecule has 1 aliphatic rings. The molecule has 1 saturated carbocycles. The van der Waals surface area contributed by atoms with Crippen molar-refractivity contribution in [2.75, 3.05) is 0 Å². The molecule has 0 spiro atoms. The molecule has 126 valence electrons. The van der Waals surface area contributed by atoms with Crippen LogP contribution >= 0.6 is 0 Å². The van der Waals surface area contributed by atoms with E-state index in [0.29, 0.717) is 24.3 Å². The Morgan fingerprint density at radius 1 is 1.26 bits per heavy atom. The van der Waals surface area contributed by atoms with Crippen LogP contribution in [0, 0.1) is 17.3 Å². The fraction of sp³-hybridized carbons (Fsp3) is 0.579. The summed E-state index contributed by atoms with van der Waals surface area (Å²) in [4.78, 5) is 24.4. The summed E-state index contributed by atoms with van der Waals surface area (Å²) in [6.45, 7) is 6.15. The average molecular weight is 318 g/mol. The van der Waals surface area contributed by atoms with E-state index in [2.05, 4.69) is 13.8 Å². The van der Waals surface area contributed by atoms with Gasteiger partial charge >= 0.3 is 11.9 Å². The Balaban J connectivity index is 2.22. The van der Waals surface area contributed by atoms with E-state index >= 15 is 0 Å². The van der Waals surface area contributed by atoms with Crippen LogP contribution in [0.25, 0.3) is 0 Å². The SMILES string of the molecule is CC(C)CC(C)C1(C(=O)O)CCCC1OC(=O)c1ccccc1. The van der Waals surface area contributed by atoms with Crippen molar-refractivity contribution < 1.29 is 19.4 Å². The third-order valence-electron chi connectivity index (χ3n) is 4.99. The van der Waals surface area contributed by atoms with Gasteiger partial charge in [0.25, 0.3) is 0 Å². The van der Waals surface area contributed by atoms with Crippen LogP contribution in [0.3, 0.4) is 0 Å². The van der Waals surface area contributed by atoms with Gasteiger partial charge in [-0.05, 0) is 49.7 Å². The standard InChI is InChI=1S/C19H26O4/c1-13(2)12-14(3)19(18(21)22)11-7-10-16(19)23-17(20)15-8-5-4-6-9-15/h4-6,8-9,13-14,16H,7,10-12H2,1-3H3,(H,21,22). The lowest BCUT2D eigenvalue weighted by molar-refractivity contribution is -0.160. The summed E-state index contributed by atoms with van der Waals surface area (Å²) in [7, 11) is 0. The van der Waals surface area contributed by atoms with E-state index in [1.807, 2.05) is 13.0 Å². The molecule has 0 heterocycles. The number of carboxylic acid groups (broad SMARTS) is 1. The van der Waals surface area contributed by atoms with Crippen LogP contribution in [0.15, 0.2) is 30.3 Å². The molecule has 3 atom stereocenters. The van der Waals surface area contributed by atoms with Crippen molar-refractivity contribution in [1.82, 2.24) is 0 Å². The maximum atomic E-state index is 12.3. The molecule has 1 aromatic carbocycles. The minimum atomic E-state index is -0.964. The van der Waals surface area contributed by atoms with E-state index < -0.39 is 23.5 Å². The van der Waals surface area contributed by atoms with Gasteiger partial charge < -0.3 is 9.84 Å². The van der Waals surface area contributed by atoms with Crippen molar-refractivity contribution in [3.63, 3.8) is 0 Å². The molecule has 0 aliphatic heterocycles. The zero-order valence-corrected chi connectivity index (χ0v) is 14.1. The first-order valence-corrected chi connectivity index (χ1v) is 8.37. The lowest BCUT2D eigenvalue weighted by Gasteiger charge is -2.37. The lowest BCUT2D eigenvalue weighted by atomic mass is 9.70. The highest BCUT2D eigenvalue weighted by Gasteiger charge is 2.55. The maximum absolute atomic E-state index is 12.3. The predicted molar refractivity (Wildman–Crippen MR) is 88.2 cm³/mol. The third-order valence-corrected chi connectivity index (χ3v) is 4.99. The van der Waals surface area contributed by atoms with Gasteiger partial charge in [-0.3, -0.25) is 4.79 Å². The molecule has 0 bridgehead atoms. The summed E-state index contributed by atoms with van der Waals surface area (Å²) < 4.78 is 5.66. The number of esters is 1. The molecule has 0 saturated heterocycles. The third kappa shape index (κ3) is 3.57. The van der Waals surface area contributed by atoms with E-state index in [0.717, 1.165) is 12.8 Å². The second kappa shape index (κ2) is 7.16. The molecule has 3 unspecified atom stereocenters. The van der Waals surface area contributed by atoms with Gasteiger partial charge in [-0.2, -0.15) is 0 Å². The molecular formula is C19H26O4. The molecule has 4 nitrogen and oxygen atoms in total. The second-order valence-electron chi connectivity index (χ2n) is 7.03. The highest BCUT2D eigenvalue weighted by Crippen LogP contribution is 2.48. The molecule has 0 aromatic heterocycles. The van der Waals surface area contributed by atoms with Crippen molar-refractivity contribution in [3.05, 3.63) is 35.9 Å². The number of hydrogen-bond donors (Lipinski definition) is 1. The molecule has 1 fully saturated rings. The molecule has 0 radical (unpaired) electrons. The molecule has 1 aromatic rings. The number of carboxylic acids is 1. The first-order chi connectivity index (χ1) is 10.9. The van der Waals surface area contributed by atoms with E-state index in [1.165, 1.54) is 0 Å².